The summed E-state index contributed by atoms with van der Waals surface area (Å²) < 4.78 is 18.5. The second-order valence-electron chi connectivity index (χ2n) is 7.77. The number of methoxy groups -OCH3 is 2. The summed E-state index contributed by atoms with van der Waals surface area (Å²) in [5.41, 5.74) is 8.37. The highest BCUT2D eigenvalue weighted by Crippen LogP contribution is 2.46. The summed E-state index contributed by atoms with van der Waals surface area (Å²) in [6.07, 6.45) is 0. The van der Waals surface area contributed by atoms with Crippen LogP contribution in [0.15, 0.2) is 89.0 Å². The number of pyridine rings is 1. The Bertz CT molecular complexity index is 1550. The molecule has 7 heteroatoms. The van der Waals surface area contributed by atoms with E-state index in [-0.39, 0.29) is 17.0 Å². The Morgan fingerprint density at radius 2 is 1.74 bits per heavy atom. The molecule has 34 heavy (non-hydrogen) atoms. The molecule has 0 bridgehead atoms. The Morgan fingerprint density at radius 3 is 2.44 bits per heavy atom. The highest BCUT2D eigenvalue weighted by Gasteiger charge is 2.37. The summed E-state index contributed by atoms with van der Waals surface area (Å²) >= 11 is 0. The van der Waals surface area contributed by atoms with E-state index in [1.54, 1.807) is 29.9 Å². The first-order valence-corrected chi connectivity index (χ1v) is 10.6. The van der Waals surface area contributed by atoms with Gasteiger partial charge in [0.15, 0.2) is 0 Å². The molecule has 168 valence electrons. The number of nitrogens with two attached hydrogens (primary N) is 1. The number of hydrogen-bond acceptors (Lipinski definition) is 6. The van der Waals surface area contributed by atoms with E-state index in [4.69, 9.17) is 19.9 Å². The molecule has 7 nitrogen and oxygen atoms in total. The first-order chi connectivity index (χ1) is 16.6. The molecule has 1 atom stereocenters. The molecule has 5 rings (SSSR count). The molecule has 2 heterocycles. The molecular formula is C27H21N3O4. The minimum atomic E-state index is -0.790. The minimum absolute atomic E-state index is 0.0418. The average Bonchev–Trinajstić information content (AvgIpc) is 2.88. The van der Waals surface area contributed by atoms with Crippen molar-refractivity contribution < 1.29 is 14.2 Å². The van der Waals surface area contributed by atoms with E-state index >= 15 is 0 Å². The van der Waals surface area contributed by atoms with Gasteiger partial charge in [-0.1, -0.05) is 36.4 Å². The van der Waals surface area contributed by atoms with Crippen molar-refractivity contribution in [3.05, 3.63) is 106 Å². The number of nitriles is 1. The van der Waals surface area contributed by atoms with E-state index in [2.05, 4.69) is 6.07 Å². The number of hydrogen-bond donors (Lipinski definition) is 1. The van der Waals surface area contributed by atoms with Crippen LogP contribution in [-0.4, -0.2) is 18.8 Å². The van der Waals surface area contributed by atoms with Gasteiger partial charge < -0.3 is 19.9 Å². The van der Waals surface area contributed by atoms with Crippen molar-refractivity contribution in [1.29, 1.82) is 5.26 Å². The number of nitrogens with zero attached hydrogens (tertiary/aromatic N) is 2. The quantitative estimate of drug-likeness (QED) is 0.499. The van der Waals surface area contributed by atoms with Crippen LogP contribution in [0.25, 0.3) is 16.6 Å². The fraction of sp³-hybridized carbons (Fsp3) is 0.111. The standard InChI is InChI=1S/C27H21N3O4/c1-32-17-12-13-19(22(14-17)33-2)23-20(15-28)26(29)34-25-18-10-6-7-11-21(18)30(27(31)24(23)25)16-8-4-3-5-9-16/h3-14,23H,29H2,1-2H3. The van der Waals surface area contributed by atoms with Crippen LogP contribution >= 0.6 is 0 Å². The van der Waals surface area contributed by atoms with Crippen LogP contribution in [0.1, 0.15) is 17.0 Å². The van der Waals surface area contributed by atoms with Gasteiger partial charge in [0.2, 0.25) is 5.88 Å². The van der Waals surface area contributed by atoms with Gasteiger partial charge in [-0.25, -0.2) is 0 Å². The topological polar surface area (TPSA) is 99.5 Å². The number of allylic oxidation sites excluding steroid dienone is 1. The van der Waals surface area contributed by atoms with Gasteiger partial charge in [-0.15, -0.1) is 0 Å². The summed E-state index contributed by atoms with van der Waals surface area (Å²) in [6, 6.07) is 24.2. The monoisotopic (exact) mass is 451 g/mol. The zero-order valence-electron chi connectivity index (χ0n) is 18.6. The van der Waals surface area contributed by atoms with Crippen molar-refractivity contribution in [2.75, 3.05) is 14.2 Å². The maximum absolute atomic E-state index is 14.1. The third-order valence-electron chi connectivity index (χ3n) is 6.01. The summed E-state index contributed by atoms with van der Waals surface area (Å²) in [7, 11) is 3.09. The van der Waals surface area contributed by atoms with Crippen LogP contribution in [0, 0.1) is 11.3 Å². The lowest BCUT2D eigenvalue weighted by Gasteiger charge is -2.29. The highest BCUT2D eigenvalue weighted by molar-refractivity contribution is 5.89. The minimum Gasteiger partial charge on any atom is -0.497 e. The van der Waals surface area contributed by atoms with Gasteiger partial charge >= 0.3 is 0 Å². The third kappa shape index (κ3) is 3.16. The normalized spacial score (nSPS) is 14.8. The molecule has 0 saturated heterocycles. The summed E-state index contributed by atoms with van der Waals surface area (Å²) in [6.45, 7) is 0. The molecule has 3 aromatic carbocycles. The van der Waals surface area contributed by atoms with Crippen LogP contribution in [0.4, 0.5) is 0 Å². The fourth-order valence-electron chi connectivity index (χ4n) is 4.47. The van der Waals surface area contributed by atoms with Gasteiger partial charge in [-0.05, 0) is 30.3 Å². The Kier molecular flexibility index (Phi) is 5.19. The van der Waals surface area contributed by atoms with Crippen LogP contribution in [0.5, 0.6) is 17.2 Å². The van der Waals surface area contributed by atoms with Crippen LogP contribution in [-0.2, 0) is 0 Å². The molecular weight excluding hydrogens is 430 g/mol. The van der Waals surface area contributed by atoms with E-state index < -0.39 is 5.92 Å². The van der Waals surface area contributed by atoms with Crippen molar-refractivity contribution >= 4 is 10.9 Å². The van der Waals surface area contributed by atoms with E-state index in [0.29, 0.717) is 45.0 Å². The largest absolute Gasteiger partial charge is 0.497 e. The first-order valence-electron chi connectivity index (χ1n) is 10.6. The number of ether oxygens (including phenoxy) is 3. The molecule has 1 aliphatic heterocycles. The number of fused-ring (bicyclic) bond motifs is 3. The average molecular weight is 451 g/mol. The third-order valence-corrected chi connectivity index (χ3v) is 6.01. The first kappa shape index (κ1) is 21.2. The second kappa shape index (κ2) is 8.34. The highest BCUT2D eigenvalue weighted by atomic mass is 16.5. The second-order valence-corrected chi connectivity index (χ2v) is 7.77. The molecule has 4 aromatic rings. The molecule has 2 N–H and O–H groups in total. The maximum atomic E-state index is 14.1. The van der Waals surface area contributed by atoms with Crippen molar-refractivity contribution in [1.82, 2.24) is 4.57 Å². The number of benzene rings is 3. The van der Waals surface area contributed by atoms with Gasteiger partial charge in [0, 0.05) is 22.7 Å². The Labute approximate surface area is 195 Å². The van der Waals surface area contributed by atoms with E-state index in [9.17, 15) is 10.1 Å². The zero-order valence-corrected chi connectivity index (χ0v) is 18.6. The van der Waals surface area contributed by atoms with Gasteiger partial charge in [0.1, 0.15) is 28.9 Å². The Morgan fingerprint density at radius 1 is 1.00 bits per heavy atom. The van der Waals surface area contributed by atoms with Crippen molar-refractivity contribution in [3.63, 3.8) is 0 Å². The molecule has 1 aliphatic rings. The van der Waals surface area contributed by atoms with Crippen molar-refractivity contribution in [2.45, 2.75) is 5.92 Å². The molecule has 1 aromatic heterocycles. The molecule has 0 amide bonds. The summed E-state index contributed by atoms with van der Waals surface area (Å²) in [4.78, 5) is 14.1. The molecule has 1 unspecified atom stereocenters. The zero-order chi connectivity index (χ0) is 23.8. The summed E-state index contributed by atoms with van der Waals surface area (Å²) in [5, 5.41) is 10.7. The molecule has 0 saturated carbocycles. The smallest absolute Gasteiger partial charge is 0.263 e. The maximum Gasteiger partial charge on any atom is 0.263 e. The summed E-state index contributed by atoms with van der Waals surface area (Å²) in [5.74, 6) is 0.564. The van der Waals surface area contributed by atoms with Crippen molar-refractivity contribution in [3.8, 4) is 29.0 Å². The van der Waals surface area contributed by atoms with E-state index in [1.807, 2.05) is 54.6 Å². The van der Waals surface area contributed by atoms with Gasteiger partial charge in [-0.3, -0.25) is 9.36 Å². The van der Waals surface area contributed by atoms with E-state index in [0.717, 1.165) is 0 Å². The lowest BCUT2D eigenvalue weighted by molar-refractivity contribution is 0.382. The van der Waals surface area contributed by atoms with Gasteiger partial charge in [0.25, 0.3) is 5.56 Å². The predicted molar refractivity (Wildman–Crippen MR) is 128 cm³/mol. The molecule has 0 aliphatic carbocycles. The molecule has 0 radical (unpaired) electrons. The lowest BCUT2D eigenvalue weighted by Crippen LogP contribution is -2.31. The SMILES string of the molecule is COc1ccc(C2C(C#N)=C(N)Oc3c2c(=O)n(-c2ccccc2)c2ccccc32)c(OC)c1. The van der Waals surface area contributed by atoms with E-state index in [1.165, 1.54) is 7.11 Å². The van der Waals surface area contributed by atoms with Crippen LogP contribution < -0.4 is 25.5 Å². The number of aromatic nitrogens is 1. The molecule has 0 fully saturated rings. The van der Waals surface area contributed by atoms with Gasteiger partial charge in [0.05, 0.1) is 31.2 Å². The van der Waals surface area contributed by atoms with Crippen molar-refractivity contribution in [2.24, 2.45) is 5.73 Å². The van der Waals surface area contributed by atoms with Crippen LogP contribution in [0.3, 0.4) is 0 Å². The Hall–Kier alpha value is -4.70. The van der Waals surface area contributed by atoms with Crippen LogP contribution in [0.2, 0.25) is 0 Å². The molecule has 0 spiro atoms. The number of rotatable bonds is 4. The number of para-hydroxylation sites is 2. The predicted octanol–water partition coefficient (Wildman–Crippen LogP) is 4.23. The lowest BCUT2D eigenvalue weighted by atomic mass is 9.82. The van der Waals surface area contributed by atoms with Gasteiger partial charge in [-0.2, -0.15) is 5.26 Å². The Balaban J connectivity index is 1.92. The fourth-order valence-corrected chi connectivity index (χ4v) is 4.47.